The Kier molecular flexibility index (Phi) is 6.13. The average molecular weight is 461 g/mol. The lowest BCUT2D eigenvalue weighted by atomic mass is 9.95. The van der Waals surface area contributed by atoms with Crippen molar-refractivity contribution in [1.82, 2.24) is 9.88 Å². The molecule has 0 unspecified atom stereocenters. The fraction of sp³-hybridized carbons (Fsp3) is 0.346. The molecule has 0 bridgehead atoms. The Labute approximate surface area is 198 Å². The van der Waals surface area contributed by atoms with Crippen LogP contribution < -0.4 is 9.80 Å². The van der Waals surface area contributed by atoms with Gasteiger partial charge in [-0.1, -0.05) is 18.2 Å². The second-order valence-corrected chi connectivity index (χ2v) is 10.1. The van der Waals surface area contributed by atoms with Crippen molar-refractivity contribution in [3.63, 3.8) is 0 Å². The Bertz CT molecular complexity index is 1140. The van der Waals surface area contributed by atoms with Crippen molar-refractivity contribution in [2.75, 3.05) is 36.0 Å². The Balaban J connectivity index is 1.31. The summed E-state index contributed by atoms with van der Waals surface area (Å²) in [7, 11) is 0. The number of hydrogen-bond donors (Lipinski definition) is 0. The highest BCUT2D eigenvalue weighted by molar-refractivity contribution is 7.13. The van der Waals surface area contributed by atoms with Gasteiger partial charge in [0, 0.05) is 54.8 Å². The van der Waals surface area contributed by atoms with Crippen LogP contribution in [0.25, 0.3) is 0 Å². The van der Waals surface area contributed by atoms with Crippen LogP contribution in [-0.4, -0.2) is 47.9 Å². The number of pyridine rings is 1. The summed E-state index contributed by atoms with van der Waals surface area (Å²) in [6.45, 7) is 5.20. The molecule has 6 nitrogen and oxygen atoms in total. The van der Waals surface area contributed by atoms with Crippen LogP contribution in [-0.2, 0) is 11.3 Å². The van der Waals surface area contributed by atoms with Crippen LogP contribution >= 0.6 is 11.3 Å². The SMILES string of the molecule is Cc1ccc(C(=O)N2CC(=O)N(CC3CCN(c4ccncc4)CC3)c3ccccc3C2)s1. The molecule has 5 rings (SSSR count). The highest BCUT2D eigenvalue weighted by atomic mass is 32.1. The predicted octanol–water partition coefficient (Wildman–Crippen LogP) is 4.36. The number of aryl methyl sites for hydroxylation is 1. The van der Waals surface area contributed by atoms with Crippen LogP contribution in [0.5, 0.6) is 0 Å². The van der Waals surface area contributed by atoms with E-state index in [2.05, 4.69) is 22.0 Å². The number of thiophene rings is 1. The van der Waals surface area contributed by atoms with Gasteiger partial charge in [0.05, 0.1) is 4.88 Å². The summed E-state index contributed by atoms with van der Waals surface area (Å²) in [5.41, 5.74) is 3.17. The van der Waals surface area contributed by atoms with E-state index in [4.69, 9.17) is 0 Å². The van der Waals surface area contributed by atoms with Gasteiger partial charge >= 0.3 is 0 Å². The van der Waals surface area contributed by atoms with Crippen LogP contribution in [0, 0.1) is 12.8 Å². The zero-order valence-electron chi connectivity index (χ0n) is 18.8. The van der Waals surface area contributed by atoms with Crippen LogP contribution in [0.2, 0.25) is 0 Å². The third-order valence-electron chi connectivity index (χ3n) is 6.59. The van der Waals surface area contributed by atoms with E-state index in [1.165, 1.54) is 17.0 Å². The summed E-state index contributed by atoms with van der Waals surface area (Å²) in [5, 5.41) is 0. The van der Waals surface area contributed by atoms with Crippen molar-refractivity contribution in [1.29, 1.82) is 0 Å². The molecule has 0 aliphatic carbocycles. The van der Waals surface area contributed by atoms with Gasteiger partial charge in [0.15, 0.2) is 0 Å². The van der Waals surface area contributed by atoms with Gasteiger partial charge in [-0.05, 0) is 61.6 Å². The summed E-state index contributed by atoms with van der Waals surface area (Å²) in [5.74, 6) is 0.365. The molecule has 2 amide bonds. The zero-order chi connectivity index (χ0) is 22.8. The molecule has 2 aromatic heterocycles. The molecule has 33 heavy (non-hydrogen) atoms. The van der Waals surface area contributed by atoms with E-state index in [1.807, 2.05) is 60.6 Å². The lowest BCUT2D eigenvalue weighted by molar-refractivity contribution is -0.119. The minimum absolute atomic E-state index is 0.00172. The molecule has 1 aromatic carbocycles. The number of carbonyl (C=O) groups is 2. The monoisotopic (exact) mass is 460 g/mol. The van der Waals surface area contributed by atoms with E-state index in [-0.39, 0.29) is 18.4 Å². The number of para-hydroxylation sites is 1. The zero-order valence-corrected chi connectivity index (χ0v) is 19.6. The minimum atomic E-state index is -0.0660. The predicted molar refractivity (Wildman–Crippen MR) is 132 cm³/mol. The Morgan fingerprint density at radius 1 is 1.03 bits per heavy atom. The smallest absolute Gasteiger partial charge is 0.264 e. The van der Waals surface area contributed by atoms with Crippen molar-refractivity contribution in [3.05, 3.63) is 76.2 Å². The topological polar surface area (TPSA) is 56.8 Å². The Morgan fingerprint density at radius 3 is 2.52 bits per heavy atom. The molecule has 0 atom stereocenters. The van der Waals surface area contributed by atoms with Crippen molar-refractivity contribution in [2.45, 2.75) is 26.3 Å². The first-order valence-corrected chi connectivity index (χ1v) is 12.3. The molecule has 1 fully saturated rings. The largest absolute Gasteiger partial charge is 0.371 e. The van der Waals surface area contributed by atoms with E-state index in [9.17, 15) is 9.59 Å². The average Bonchev–Trinajstić information content (AvgIpc) is 3.23. The van der Waals surface area contributed by atoms with Gasteiger partial charge in [-0.15, -0.1) is 11.3 Å². The number of anilines is 2. The molecule has 170 valence electrons. The van der Waals surface area contributed by atoms with Gasteiger partial charge in [-0.25, -0.2) is 0 Å². The molecule has 0 radical (unpaired) electrons. The van der Waals surface area contributed by atoms with Crippen molar-refractivity contribution >= 4 is 34.5 Å². The lowest BCUT2D eigenvalue weighted by Crippen LogP contribution is -2.44. The van der Waals surface area contributed by atoms with Gasteiger partial charge in [0.2, 0.25) is 5.91 Å². The molecule has 2 aliphatic rings. The molecule has 0 spiro atoms. The quantitative estimate of drug-likeness (QED) is 0.581. The first kappa shape index (κ1) is 21.6. The Hall–Kier alpha value is -3.19. The van der Waals surface area contributed by atoms with Gasteiger partial charge in [0.1, 0.15) is 6.54 Å². The number of hydrogen-bond acceptors (Lipinski definition) is 5. The van der Waals surface area contributed by atoms with Crippen LogP contribution in [0.15, 0.2) is 60.9 Å². The number of rotatable bonds is 4. The number of amides is 2. The molecule has 2 aliphatic heterocycles. The number of piperidine rings is 1. The number of fused-ring (bicyclic) bond motifs is 1. The normalized spacial score (nSPS) is 17.1. The van der Waals surface area contributed by atoms with Crippen LogP contribution in [0.1, 0.15) is 33.0 Å². The van der Waals surface area contributed by atoms with Crippen LogP contribution in [0.4, 0.5) is 11.4 Å². The maximum Gasteiger partial charge on any atom is 0.264 e. The molecular formula is C26H28N4O2S. The lowest BCUT2D eigenvalue weighted by Gasteiger charge is -2.36. The fourth-order valence-corrected chi connectivity index (χ4v) is 5.62. The van der Waals surface area contributed by atoms with E-state index < -0.39 is 0 Å². The number of benzene rings is 1. The van der Waals surface area contributed by atoms with Gasteiger partial charge < -0.3 is 14.7 Å². The van der Waals surface area contributed by atoms with E-state index in [1.54, 1.807) is 4.90 Å². The second kappa shape index (κ2) is 9.35. The summed E-state index contributed by atoms with van der Waals surface area (Å²) < 4.78 is 0. The molecule has 4 heterocycles. The van der Waals surface area contributed by atoms with E-state index in [0.29, 0.717) is 23.9 Å². The molecule has 3 aromatic rings. The molecular weight excluding hydrogens is 432 g/mol. The second-order valence-electron chi connectivity index (χ2n) is 8.84. The Morgan fingerprint density at radius 2 is 1.79 bits per heavy atom. The fourth-order valence-electron chi connectivity index (χ4n) is 4.79. The maximum atomic E-state index is 13.4. The molecule has 1 saturated heterocycles. The number of aromatic nitrogens is 1. The summed E-state index contributed by atoms with van der Waals surface area (Å²) in [6.07, 6.45) is 5.73. The highest BCUT2D eigenvalue weighted by Gasteiger charge is 2.32. The first-order valence-electron chi connectivity index (χ1n) is 11.5. The summed E-state index contributed by atoms with van der Waals surface area (Å²) >= 11 is 1.48. The van der Waals surface area contributed by atoms with E-state index >= 15 is 0 Å². The molecule has 7 heteroatoms. The maximum absolute atomic E-state index is 13.4. The van der Waals surface area contributed by atoms with Crippen molar-refractivity contribution in [3.8, 4) is 0 Å². The van der Waals surface area contributed by atoms with Crippen molar-refractivity contribution in [2.24, 2.45) is 5.92 Å². The van der Waals surface area contributed by atoms with Gasteiger partial charge in [-0.3, -0.25) is 14.6 Å². The summed E-state index contributed by atoms with van der Waals surface area (Å²) in [4.78, 5) is 38.5. The number of carbonyl (C=O) groups excluding carboxylic acids is 2. The van der Waals surface area contributed by atoms with Crippen molar-refractivity contribution < 1.29 is 9.59 Å². The third-order valence-corrected chi connectivity index (χ3v) is 7.58. The minimum Gasteiger partial charge on any atom is -0.371 e. The van der Waals surface area contributed by atoms with Gasteiger partial charge in [-0.2, -0.15) is 0 Å². The third kappa shape index (κ3) is 4.64. The number of nitrogens with zero attached hydrogens (tertiary/aromatic N) is 4. The van der Waals surface area contributed by atoms with Gasteiger partial charge in [0.25, 0.3) is 5.91 Å². The highest BCUT2D eigenvalue weighted by Crippen LogP contribution is 2.30. The first-order chi connectivity index (χ1) is 16.1. The standard InChI is InChI=1S/C26H28N4O2S/c1-19-6-7-24(33-19)26(32)29-17-21-4-2-3-5-23(21)30(25(31)18-29)16-20-10-14-28(15-11-20)22-8-12-27-13-9-22/h2-9,12-13,20H,10-11,14-18H2,1H3. The summed E-state index contributed by atoms with van der Waals surface area (Å²) in [6, 6.07) is 15.9. The molecule has 0 saturated carbocycles. The van der Waals surface area contributed by atoms with E-state index in [0.717, 1.165) is 42.1 Å². The van der Waals surface area contributed by atoms with Crippen LogP contribution in [0.3, 0.4) is 0 Å². The molecule has 0 N–H and O–H groups in total.